The molecule has 1 aliphatic rings. The molecule has 1 aromatic carbocycles. The van der Waals surface area contributed by atoms with Crippen LogP contribution >= 0.6 is 0 Å². The molecule has 13 nitrogen and oxygen atoms in total. The molecule has 0 bridgehead atoms. The largest absolute Gasteiger partial charge is 0.463 e. The van der Waals surface area contributed by atoms with Gasteiger partial charge in [0.15, 0.2) is 0 Å². The molecule has 34 heavy (non-hydrogen) atoms. The second-order valence-electron chi connectivity index (χ2n) is 7.83. The number of esters is 1. The zero-order valence-electron chi connectivity index (χ0n) is 18.9. The number of hydrogen-bond acceptors (Lipinski definition) is 11. The molecule has 1 fully saturated rings. The topological polar surface area (TPSA) is 192 Å². The van der Waals surface area contributed by atoms with Gasteiger partial charge in [0, 0.05) is 7.05 Å². The number of amides is 1. The molecule has 192 valence electrons. The highest BCUT2D eigenvalue weighted by Crippen LogP contribution is 2.22. The monoisotopic (exact) mass is 506 g/mol. The van der Waals surface area contributed by atoms with Gasteiger partial charge in [0.1, 0.15) is 37.1 Å². The Morgan fingerprint density at radius 2 is 1.76 bits per heavy atom. The number of hydrogen-bond donors (Lipinski definition) is 5. The van der Waals surface area contributed by atoms with E-state index >= 15 is 0 Å². The van der Waals surface area contributed by atoms with Crippen molar-refractivity contribution in [1.82, 2.24) is 9.62 Å². The Hall–Kier alpha value is -2.33. The lowest BCUT2D eigenvalue weighted by atomic mass is 9.99. The second-order valence-corrected chi connectivity index (χ2v) is 9.54. The molecule has 1 aliphatic heterocycles. The van der Waals surface area contributed by atoms with Crippen molar-refractivity contribution in [3.8, 4) is 0 Å². The van der Waals surface area contributed by atoms with Gasteiger partial charge in [0.25, 0.3) is 0 Å². The summed E-state index contributed by atoms with van der Waals surface area (Å²) in [6.45, 7) is 1.98. The van der Waals surface area contributed by atoms with Crippen LogP contribution < -0.4 is 4.72 Å². The van der Waals surface area contributed by atoms with Crippen molar-refractivity contribution in [2.24, 2.45) is 0 Å². The number of aliphatic hydroxyl groups excluding tert-OH is 4. The van der Waals surface area contributed by atoms with Crippen LogP contribution in [0.3, 0.4) is 0 Å². The first-order chi connectivity index (χ1) is 15.9. The van der Waals surface area contributed by atoms with Crippen molar-refractivity contribution in [3.05, 3.63) is 29.8 Å². The van der Waals surface area contributed by atoms with Crippen molar-refractivity contribution in [3.63, 3.8) is 0 Å². The quantitative estimate of drug-likeness (QED) is 0.234. The summed E-state index contributed by atoms with van der Waals surface area (Å²) in [6.07, 6.45) is -8.96. The molecule has 14 heteroatoms. The first-order valence-electron chi connectivity index (χ1n) is 10.3. The second kappa shape index (κ2) is 11.9. The van der Waals surface area contributed by atoms with E-state index in [1.165, 1.54) is 26.1 Å². The smallest absolute Gasteiger partial charge is 0.412 e. The van der Waals surface area contributed by atoms with Crippen molar-refractivity contribution in [2.75, 3.05) is 26.8 Å². The van der Waals surface area contributed by atoms with Crippen molar-refractivity contribution >= 4 is 22.1 Å². The first kappa shape index (κ1) is 27.9. The number of sulfonamides is 1. The maximum Gasteiger partial charge on any atom is 0.412 e. The third-order valence-electron chi connectivity index (χ3n) is 5.06. The Morgan fingerprint density at radius 3 is 2.35 bits per heavy atom. The van der Waals surface area contributed by atoms with E-state index in [9.17, 15) is 33.3 Å². The number of carbonyl (C=O) groups excluding carboxylic acids is 2. The minimum absolute atomic E-state index is 0.00609. The van der Waals surface area contributed by atoms with Gasteiger partial charge in [-0.25, -0.2) is 13.2 Å². The maximum atomic E-state index is 12.4. The average molecular weight is 507 g/mol. The summed E-state index contributed by atoms with van der Waals surface area (Å²) in [4.78, 5) is 25.3. The lowest BCUT2D eigenvalue weighted by Crippen LogP contribution is -2.59. The normalized spacial score (nSPS) is 25.9. The lowest BCUT2D eigenvalue weighted by Gasteiger charge is -2.39. The fraction of sp³-hybridized carbons (Fsp3) is 0.600. The van der Waals surface area contributed by atoms with E-state index in [0.717, 1.165) is 10.5 Å². The molecule has 1 saturated heterocycles. The number of benzene rings is 1. The predicted molar refractivity (Wildman–Crippen MR) is 115 cm³/mol. The van der Waals surface area contributed by atoms with E-state index in [-0.39, 0.29) is 18.0 Å². The number of aryl methyl sites for hydroxylation is 1. The number of ether oxygens (including phenoxy) is 3. The summed E-state index contributed by atoms with van der Waals surface area (Å²) in [6, 6.07) is 4.86. The third kappa shape index (κ3) is 7.09. The number of rotatable bonds is 9. The fourth-order valence-electron chi connectivity index (χ4n) is 2.92. The highest BCUT2D eigenvalue weighted by Gasteiger charge is 2.45. The van der Waals surface area contributed by atoms with Crippen LogP contribution in [0.5, 0.6) is 0 Å². The van der Waals surface area contributed by atoms with E-state index in [0.29, 0.717) is 0 Å². The fourth-order valence-corrected chi connectivity index (χ4v) is 4.11. The van der Waals surface area contributed by atoms with Crippen molar-refractivity contribution in [2.45, 2.75) is 55.5 Å². The van der Waals surface area contributed by atoms with E-state index in [2.05, 4.69) is 4.72 Å². The summed E-state index contributed by atoms with van der Waals surface area (Å²) < 4.78 is 42.0. The van der Waals surface area contributed by atoms with Gasteiger partial charge in [-0.1, -0.05) is 17.7 Å². The molecule has 2 rings (SSSR count). The lowest BCUT2D eigenvalue weighted by molar-refractivity contribution is -0.286. The van der Waals surface area contributed by atoms with Gasteiger partial charge in [0.05, 0.1) is 18.0 Å². The SMILES string of the molecule is Cc1ccc(S(=O)(=O)N[C@@H](C)C(=O)OCCN(C)C(=O)OC2O[C@H](CO)[C@@H](O)[C@H](O)[C@H]2O)cc1. The van der Waals surface area contributed by atoms with Gasteiger partial charge < -0.3 is 39.5 Å². The summed E-state index contributed by atoms with van der Waals surface area (Å²) in [5.41, 5.74) is 0.876. The molecular weight excluding hydrogens is 476 g/mol. The summed E-state index contributed by atoms with van der Waals surface area (Å²) in [7, 11) is -2.65. The zero-order valence-corrected chi connectivity index (χ0v) is 19.7. The molecule has 6 atom stereocenters. The van der Waals surface area contributed by atoms with Gasteiger partial charge in [-0.2, -0.15) is 4.72 Å². The van der Waals surface area contributed by atoms with E-state index in [4.69, 9.17) is 19.3 Å². The number of nitrogens with zero attached hydrogens (tertiary/aromatic N) is 1. The minimum atomic E-state index is -3.94. The summed E-state index contributed by atoms with van der Waals surface area (Å²) in [5.74, 6) is -0.869. The molecule has 0 spiro atoms. The third-order valence-corrected chi connectivity index (χ3v) is 6.62. The number of carbonyl (C=O) groups is 2. The van der Waals surface area contributed by atoms with Crippen LogP contribution in [0, 0.1) is 6.92 Å². The van der Waals surface area contributed by atoms with Crippen LogP contribution in [0.4, 0.5) is 4.79 Å². The Labute approximate surface area is 196 Å². The molecule has 0 radical (unpaired) electrons. The van der Waals surface area contributed by atoms with E-state index in [1.54, 1.807) is 19.1 Å². The van der Waals surface area contributed by atoms with Gasteiger partial charge in [-0.3, -0.25) is 4.79 Å². The molecular formula is C20H30N2O11S. The van der Waals surface area contributed by atoms with Crippen LogP contribution in [0.15, 0.2) is 29.2 Å². The van der Waals surface area contributed by atoms with Gasteiger partial charge >= 0.3 is 12.1 Å². The van der Waals surface area contributed by atoms with Crippen molar-refractivity contribution in [1.29, 1.82) is 0 Å². The van der Waals surface area contributed by atoms with E-state index < -0.39 is 65.4 Å². The van der Waals surface area contributed by atoms with Crippen LogP contribution in [-0.2, 0) is 29.0 Å². The average Bonchev–Trinajstić information content (AvgIpc) is 2.79. The molecule has 1 amide bonds. The Morgan fingerprint density at radius 1 is 1.15 bits per heavy atom. The van der Waals surface area contributed by atoms with Gasteiger partial charge in [-0.05, 0) is 26.0 Å². The number of nitrogens with one attached hydrogen (secondary N) is 1. The minimum Gasteiger partial charge on any atom is -0.463 e. The van der Waals surface area contributed by atoms with Gasteiger partial charge in [0.2, 0.25) is 16.3 Å². The Balaban J connectivity index is 1.81. The standard InChI is InChI=1S/C20H30N2O11S/c1-11-4-6-13(7-5-11)34(29,30)21-12(2)18(27)31-9-8-22(3)20(28)33-19-17(26)16(25)15(24)14(10-23)32-19/h4-7,12,14-17,19,21,23-26H,8-10H2,1-3H3/t12-,14+,15+,16-,17+,19?/m0/s1. The highest BCUT2D eigenvalue weighted by molar-refractivity contribution is 7.89. The molecule has 0 aliphatic carbocycles. The molecule has 1 aromatic rings. The molecule has 1 heterocycles. The highest BCUT2D eigenvalue weighted by atomic mass is 32.2. The van der Waals surface area contributed by atoms with Gasteiger partial charge in [-0.15, -0.1) is 0 Å². The zero-order chi connectivity index (χ0) is 25.6. The van der Waals surface area contributed by atoms with Crippen LogP contribution in [0.25, 0.3) is 0 Å². The van der Waals surface area contributed by atoms with Crippen LogP contribution in [-0.4, -0.2) is 109 Å². The Bertz CT molecular complexity index is 938. The summed E-state index contributed by atoms with van der Waals surface area (Å²) >= 11 is 0. The Kier molecular flexibility index (Phi) is 9.75. The maximum absolute atomic E-state index is 12.4. The van der Waals surface area contributed by atoms with E-state index in [1.807, 2.05) is 0 Å². The number of aliphatic hydroxyl groups is 4. The predicted octanol–water partition coefficient (Wildman–Crippen LogP) is -1.93. The molecule has 0 saturated carbocycles. The van der Waals surface area contributed by atoms with Crippen LogP contribution in [0.2, 0.25) is 0 Å². The molecule has 1 unspecified atom stereocenters. The first-order valence-corrected chi connectivity index (χ1v) is 11.8. The molecule has 5 N–H and O–H groups in total. The number of likely N-dealkylation sites (N-methyl/N-ethyl adjacent to an activating group) is 1. The molecule has 0 aromatic heterocycles. The van der Waals surface area contributed by atoms with Crippen LogP contribution in [0.1, 0.15) is 12.5 Å². The van der Waals surface area contributed by atoms with Crippen molar-refractivity contribution < 1.29 is 52.6 Å². The summed E-state index contributed by atoms with van der Waals surface area (Å²) in [5, 5.41) is 38.6.